The molecule has 0 saturated heterocycles. The third-order valence-electron chi connectivity index (χ3n) is 4.64. The molecule has 0 aliphatic carbocycles. The number of cyclic esters (lactones) is 1. The molecular formula is C19H21FN4O4. The maximum absolute atomic E-state index is 14.0. The summed E-state index contributed by atoms with van der Waals surface area (Å²) in [6.07, 6.45) is 0.736. The highest BCUT2D eigenvalue weighted by Gasteiger charge is 2.36. The fourth-order valence-corrected chi connectivity index (χ4v) is 3.08. The first kappa shape index (κ1) is 19.5. The Morgan fingerprint density at radius 3 is 2.79 bits per heavy atom. The van der Waals surface area contributed by atoms with Gasteiger partial charge in [0.2, 0.25) is 5.91 Å². The molecule has 0 unspecified atom stereocenters. The van der Waals surface area contributed by atoms with Crippen LogP contribution < -0.4 is 16.2 Å². The Bertz CT molecular complexity index is 1030. The molecule has 0 atom stereocenters. The molecule has 1 aliphatic heterocycles. The quantitative estimate of drug-likeness (QED) is 0.835. The van der Waals surface area contributed by atoms with Gasteiger partial charge in [-0.1, -0.05) is 0 Å². The van der Waals surface area contributed by atoms with Gasteiger partial charge in [-0.3, -0.25) is 19.9 Å². The fourth-order valence-electron chi connectivity index (χ4n) is 3.08. The summed E-state index contributed by atoms with van der Waals surface area (Å²) in [6, 6.07) is 3.24. The number of pyridine rings is 2. The summed E-state index contributed by atoms with van der Waals surface area (Å²) in [5, 5.41) is 4.97. The van der Waals surface area contributed by atoms with Crippen molar-refractivity contribution in [3.63, 3.8) is 0 Å². The van der Waals surface area contributed by atoms with Gasteiger partial charge in [-0.25, -0.2) is 9.18 Å². The first-order valence-corrected chi connectivity index (χ1v) is 8.71. The molecule has 3 rings (SSSR count). The number of halogens is 1. The van der Waals surface area contributed by atoms with Crippen molar-refractivity contribution in [3.8, 4) is 0 Å². The Hall–Kier alpha value is -3.23. The molecule has 0 radical (unpaired) electrons. The molecule has 2 amide bonds. The third kappa shape index (κ3) is 3.60. The summed E-state index contributed by atoms with van der Waals surface area (Å²) < 4.78 is 20.4. The van der Waals surface area contributed by atoms with Crippen LogP contribution in [-0.2, 0) is 28.2 Å². The van der Waals surface area contributed by atoms with Gasteiger partial charge in [-0.2, -0.15) is 0 Å². The zero-order valence-electron chi connectivity index (χ0n) is 16.1. The van der Waals surface area contributed by atoms with Crippen LogP contribution in [0.4, 0.5) is 14.9 Å². The molecule has 0 bridgehead atoms. The lowest BCUT2D eigenvalue weighted by molar-refractivity contribution is -0.121. The minimum absolute atomic E-state index is 0.0889. The maximum atomic E-state index is 14.0. The number of hydrogen-bond donors (Lipinski definition) is 2. The molecule has 0 fully saturated rings. The predicted octanol–water partition coefficient (Wildman–Crippen LogP) is 2.11. The highest BCUT2D eigenvalue weighted by molar-refractivity contribution is 5.88. The molecule has 0 saturated carbocycles. The number of aryl methyl sites for hydroxylation is 2. The van der Waals surface area contributed by atoms with Gasteiger partial charge < -0.3 is 14.6 Å². The minimum Gasteiger partial charge on any atom is -0.438 e. The molecule has 2 N–H and O–H groups in total. The zero-order valence-corrected chi connectivity index (χ0v) is 16.1. The molecule has 8 nitrogen and oxygen atoms in total. The predicted molar refractivity (Wildman–Crippen MR) is 99.3 cm³/mol. The van der Waals surface area contributed by atoms with Gasteiger partial charge in [-0.05, 0) is 45.4 Å². The Labute approximate surface area is 160 Å². The normalized spacial score (nSPS) is 14.7. The second-order valence-electron chi connectivity index (χ2n) is 7.16. The SMILES string of the molecule is Cc1ccnc(CNC(=O)Cn2c(C)cc3c(c2=O)NC(=O)OC3(C)C)c1F. The van der Waals surface area contributed by atoms with Gasteiger partial charge in [-0.15, -0.1) is 0 Å². The first-order chi connectivity index (χ1) is 13.1. The lowest BCUT2D eigenvalue weighted by Crippen LogP contribution is -2.41. The van der Waals surface area contributed by atoms with Crippen molar-refractivity contribution in [1.82, 2.24) is 14.9 Å². The van der Waals surface area contributed by atoms with Gasteiger partial charge >= 0.3 is 6.09 Å². The van der Waals surface area contributed by atoms with Gasteiger partial charge in [0.05, 0.1) is 12.2 Å². The van der Waals surface area contributed by atoms with E-state index in [4.69, 9.17) is 4.74 Å². The molecule has 3 heterocycles. The van der Waals surface area contributed by atoms with Gasteiger partial charge in [0, 0.05) is 17.5 Å². The van der Waals surface area contributed by atoms with E-state index >= 15 is 0 Å². The van der Waals surface area contributed by atoms with E-state index in [-0.39, 0.29) is 24.5 Å². The van der Waals surface area contributed by atoms with E-state index in [0.29, 0.717) is 16.8 Å². The summed E-state index contributed by atoms with van der Waals surface area (Å²) >= 11 is 0. The third-order valence-corrected chi connectivity index (χ3v) is 4.64. The van der Waals surface area contributed by atoms with Gasteiger partial charge in [0.1, 0.15) is 23.7 Å². The molecular weight excluding hydrogens is 367 g/mol. The summed E-state index contributed by atoms with van der Waals surface area (Å²) in [5.74, 6) is -0.958. The van der Waals surface area contributed by atoms with Crippen molar-refractivity contribution in [2.45, 2.75) is 46.4 Å². The molecule has 2 aromatic heterocycles. The second-order valence-corrected chi connectivity index (χ2v) is 7.16. The van der Waals surface area contributed by atoms with Crippen molar-refractivity contribution in [1.29, 1.82) is 0 Å². The average Bonchev–Trinajstić information content (AvgIpc) is 2.60. The van der Waals surface area contributed by atoms with Crippen LogP contribution in [-0.4, -0.2) is 21.6 Å². The molecule has 1 aliphatic rings. The number of amides is 2. The van der Waals surface area contributed by atoms with Crippen molar-refractivity contribution in [3.05, 3.63) is 57.0 Å². The summed E-state index contributed by atoms with van der Waals surface area (Å²) in [5.41, 5.74) is 0.248. The number of anilines is 1. The van der Waals surface area contributed by atoms with Gasteiger partial charge in [0.25, 0.3) is 5.56 Å². The van der Waals surface area contributed by atoms with Crippen LogP contribution in [0.5, 0.6) is 0 Å². The average molecular weight is 388 g/mol. The summed E-state index contributed by atoms with van der Waals surface area (Å²) in [4.78, 5) is 40.8. The Balaban J connectivity index is 1.82. The lowest BCUT2D eigenvalue weighted by atomic mass is 9.95. The Morgan fingerprint density at radius 1 is 1.36 bits per heavy atom. The molecule has 0 aromatic carbocycles. The summed E-state index contributed by atoms with van der Waals surface area (Å²) in [7, 11) is 0. The van der Waals surface area contributed by atoms with E-state index in [1.807, 2.05) is 0 Å². The van der Waals surface area contributed by atoms with Crippen LogP contribution in [0.3, 0.4) is 0 Å². The largest absolute Gasteiger partial charge is 0.438 e. The van der Waals surface area contributed by atoms with Crippen LogP contribution in [0.2, 0.25) is 0 Å². The summed E-state index contributed by atoms with van der Waals surface area (Å²) in [6.45, 7) is 6.29. The number of nitrogens with zero attached hydrogens (tertiary/aromatic N) is 2. The Kier molecular flexibility index (Phi) is 4.93. The Morgan fingerprint density at radius 2 is 2.07 bits per heavy atom. The van der Waals surface area contributed by atoms with E-state index in [9.17, 15) is 18.8 Å². The number of aromatic nitrogens is 2. The van der Waals surface area contributed by atoms with Crippen molar-refractivity contribution < 1.29 is 18.7 Å². The van der Waals surface area contributed by atoms with E-state index in [2.05, 4.69) is 15.6 Å². The molecule has 9 heteroatoms. The highest BCUT2D eigenvalue weighted by atomic mass is 19.1. The van der Waals surface area contributed by atoms with E-state index in [0.717, 1.165) is 0 Å². The van der Waals surface area contributed by atoms with E-state index < -0.39 is 29.0 Å². The van der Waals surface area contributed by atoms with Crippen LogP contribution in [0.15, 0.2) is 23.1 Å². The monoisotopic (exact) mass is 388 g/mol. The van der Waals surface area contributed by atoms with Crippen molar-refractivity contribution in [2.24, 2.45) is 0 Å². The standard InChI is InChI=1S/C19H21FN4O4/c1-10-5-6-21-13(15(10)20)8-22-14(25)9-24-11(2)7-12-16(17(24)26)23-18(27)28-19(12,3)4/h5-7H,8-9H2,1-4H3,(H,22,25)(H,23,27). The number of ether oxygens (including phenoxy) is 1. The topological polar surface area (TPSA) is 102 Å². The second kappa shape index (κ2) is 7.06. The van der Waals surface area contributed by atoms with Crippen LogP contribution >= 0.6 is 0 Å². The number of fused-ring (bicyclic) bond motifs is 1. The molecule has 148 valence electrons. The first-order valence-electron chi connectivity index (χ1n) is 8.71. The van der Waals surface area contributed by atoms with Crippen LogP contribution in [0.25, 0.3) is 0 Å². The van der Waals surface area contributed by atoms with Gasteiger partial charge in [0.15, 0.2) is 0 Å². The van der Waals surface area contributed by atoms with Crippen molar-refractivity contribution in [2.75, 3.05) is 5.32 Å². The fraction of sp³-hybridized carbons (Fsp3) is 0.368. The molecule has 0 spiro atoms. The zero-order chi connectivity index (χ0) is 20.6. The van der Waals surface area contributed by atoms with Crippen molar-refractivity contribution >= 4 is 17.7 Å². The number of carbonyl (C=O) groups excluding carboxylic acids is 2. The minimum atomic E-state index is -0.961. The lowest BCUT2D eigenvalue weighted by Gasteiger charge is -2.32. The maximum Gasteiger partial charge on any atom is 0.412 e. The number of nitrogens with one attached hydrogen (secondary N) is 2. The smallest absolute Gasteiger partial charge is 0.412 e. The van der Waals surface area contributed by atoms with Crippen LogP contribution in [0.1, 0.15) is 36.4 Å². The molecule has 2 aromatic rings. The number of carbonyl (C=O) groups is 2. The van der Waals surface area contributed by atoms with E-state index in [1.54, 1.807) is 33.8 Å². The molecule has 28 heavy (non-hydrogen) atoms. The number of rotatable bonds is 4. The van der Waals surface area contributed by atoms with E-state index in [1.165, 1.54) is 16.8 Å². The highest BCUT2D eigenvalue weighted by Crippen LogP contribution is 2.33. The van der Waals surface area contributed by atoms with Crippen LogP contribution in [0, 0.1) is 19.7 Å². The number of hydrogen-bond acceptors (Lipinski definition) is 5.